The van der Waals surface area contributed by atoms with Crippen molar-refractivity contribution in [1.29, 1.82) is 0 Å². The minimum absolute atomic E-state index is 0.249. The highest BCUT2D eigenvalue weighted by Gasteiger charge is 2.49. The van der Waals surface area contributed by atoms with E-state index < -0.39 is 11.1 Å². The van der Waals surface area contributed by atoms with Crippen LogP contribution in [-0.4, -0.2) is 21.9 Å². The maximum atomic E-state index is 12.5. The third-order valence-electron chi connectivity index (χ3n) is 3.57. The second-order valence-corrected chi connectivity index (χ2v) is 5.72. The van der Waals surface area contributed by atoms with Crippen molar-refractivity contribution in [2.45, 2.75) is 77.3 Å². The standard InChI is InChI=1S/C13H24NO2/c1-5-7-13(8-6-2)10-11(15)9-12(3,4)14(13)16/h5-10H2,1-4H3. The molecule has 3 nitrogen and oxygen atoms in total. The number of ketones is 1. The highest BCUT2D eigenvalue weighted by molar-refractivity contribution is 5.81. The lowest BCUT2D eigenvalue weighted by Crippen LogP contribution is -2.61. The van der Waals surface area contributed by atoms with Gasteiger partial charge < -0.3 is 0 Å². The van der Waals surface area contributed by atoms with Crippen LogP contribution < -0.4 is 0 Å². The number of carbonyl (C=O) groups is 1. The van der Waals surface area contributed by atoms with Crippen LogP contribution in [-0.2, 0) is 10.0 Å². The van der Waals surface area contributed by atoms with Gasteiger partial charge in [-0.1, -0.05) is 26.7 Å². The Balaban J connectivity index is 2.99. The van der Waals surface area contributed by atoms with Gasteiger partial charge in [-0.15, -0.1) is 10.3 Å². The van der Waals surface area contributed by atoms with Crippen LogP contribution >= 0.6 is 0 Å². The summed E-state index contributed by atoms with van der Waals surface area (Å²) in [7, 11) is 0. The first-order valence-electron chi connectivity index (χ1n) is 6.37. The number of rotatable bonds is 4. The van der Waals surface area contributed by atoms with Crippen molar-refractivity contribution in [2.75, 3.05) is 0 Å². The van der Waals surface area contributed by atoms with E-state index in [1.807, 2.05) is 13.8 Å². The van der Waals surface area contributed by atoms with Gasteiger partial charge in [0.25, 0.3) is 0 Å². The average Bonchev–Trinajstić information content (AvgIpc) is 2.14. The van der Waals surface area contributed by atoms with Crippen LogP contribution in [0, 0.1) is 0 Å². The number of Topliss-reactive ketones (excluding diaryl/α,β-unsaturated/α-hetero) is 1. The molecule has 1 rings (SSSR count). The van der Waals surface area contributed by atoms with E-state index in [1.165, 1.54) is 5.06 Å². The summed E-state index contributed by atoms with van der Waals surface area (Å²) in [6.07, 6.45) is 4.43. The fraction of sp³-hybridized carbons (Fsp3) is 0.923. The van der Waals surface area contributed by atoms with Gasteiger partial charge in [-0.25, -0.2) is 0 Å². The van der Waals surface area contributed by atoms with Gasteiger partial charge in [0.15, 0.2) is 0 Å². The fourth-order valence-corrected chi connectivity index (χ4v) is 3.13. The molecule has 93 valence electrons. The van der Waals surface area contributed by atoms with Crippen molar-refractivity contribution in [3.63, 3.8) is 0 Å². The first-order valence-corrected chi connectivity index (χ1v) is 6.37. The lowest BCUT2D eigenvalue weighted by molar-refractivity contribution is -0.292. The maximum Gasteiger partial charge on any atom is 0.136 e. The molecular weight excluding hydrogens is 202 g/mol. The Hall–Kier alpha value is -0.410. The molecule has 16 heavy (non-hydrogen) atoms. The van der Waals surface area contributed by atoms with Crippen LogP contribution in [0.4, 0.5) is 0 Å². The van der Waals surface area contributed by atoms with E-state index in [9.17, 15) is 10.0 Å². The van der Waals surface area contributed by atoms with Crippen molar-refractivity contribution in [2.24, 2.45) is 0 Å². The fourth-order valence-electron chi connectivity index (χ4n) is 3.13. The molecule has 1 radical (unpaired) electrons. The number of hydrogen-bond acceptors (Lipinski definition) is 2. The van der Waals surface area contributed by atoms with Crippen molar-refractivity contribution in [3.8, 4) is 0 Å². The minimum atomic E-state index is -0.528. The molecule has 1 heterocycles. The van der Waals surface area contributed by atoms with Crippen molar-refractivity contribution < 1.29 is 10.0 Å². The van der Waals surface area contributed by atoms with Gasteiger partial charge in [-0.05, 0) is 26.7 Å². The highest BCUT2D eigenvalue weighted by Crippen LogP contribution is 2.41. The molecule has 0 saturated carbocycles. The molecule has 1 fully saturated rings. The summed E-state index contributed by atoms with van der Waals surface area (Å²) in [5.41, 5.74) is -0.956. The number of nitrogens with zero attached hydrogens (tertiary/aromatic N) is 1. The van der Waals surface area contributed by atoms with E-state index in [1.54, 1.807) is 0 Å². The summed E-state index contributed by atoms with van der Waals surface area (Å²) < 4.78 is 0. The maximum absolute atomic E-state index is 12.5. The van der Waals surface area contributed by atoms with Crippen molar-refractivity contribution >= 4 is 5.78 Å². The van der Waals surface area contributed by atoms with Crippen LogP contribution in [0.2, 0.25) is 0 Å². The molecule has 1 aliphatic rings. The van der Waals surface area contributed by atoms with Gasteiger partial charge in [0.05, 0.1) is 11.1 Å². The Labute approximate surface area is 98.8 Å². The number of piperidine rings is 1. The zero-order valence-corrected chi connectivity index (χ0v) is 11.0. The number of hydrogen-bond donors (Lipinski definition) is 0. The Kier molecular flexibility index (Phi) is 4.13. The van der Waals surface area contributed by atoms with E-state index in [-0.39, 0.29) is 5.78 Å². The van der Waals surface area contributed by atoms with Crippen molar-refractivity contribution in [1.82, 2.24) is 5.06 Å². The van der Waals surface area contributed by atoms with Crippen LogP contribution in [0.15, 0.2) is 0 Å². The molecule has 0 aliphatic carbocycles. The first kappa shape index (κ1) is 13.7. The molecule has 0 N–H and O–H groups in total. The largest absolute Gasteiger partial charge is 0.300 e. The lowest BCUT2D eigenvalue weighted by Gasteiger charge is -2.49. The van der Waals surface area contributed by atoms with Crippen LogP contribution in [0.25, 0.3) is 0 Å². The highest BCUT2D eigenvalue weighted by atomic mass is 16.5. The molecule has 1 aliphatic heterocycles. The summed E-state index contributed by atoms with van der Waals surface area (Å²) in [6.45, 7) is 7.93. The monoisotopic (exact) mass is 226 g/mol. The molecular formula is C13H24NO2. The molecule has 0 aromatic rings. The molecule has 3 heteroatoms. The predicted molar refractivity (Wildman–Crippen MR) is 63.4 cm³/mol. The molecule has 0 unspecified atom stereocenters. The summed E-state index contributed by atoms with van der Waals surface area (Å²) in [5, 5.41) is 13.7. The summed E-state index contributed by atoms with van der Waals surface area (Å²) in [5.74, 6) is 0.249. The van der Waals surface area contributed by atoms with E-state index >= 15 is 0 Å². The van der Waals surface area contributed by atoms with Gasteiger partial charge in [0.1, 0.15) is 5.78 Å². The average molecular weight is 226 g/mol. The Bertz CT molecular complexity index is 255. The van der Waals surface area contributed by atoms with Gasteiger partial charge in [0, 0.05) is 12.8 Å². The van der Waals surface area contributed by atoms with Crippen molar-refractivity contribution in [3.05, 3.63) is 0 Å². The Morgan fingerprint density at radius 3 is 2.06 bits per heavy atom. The third kappa shape index (κ3) is 2.46. The molecule has 0 aromatic heterocycles. The molecule has 0 bridgehead atoms. The second kappa shape index (κ2) is 4.84. The number of carbonyl (C=O) groups excluding carboxylic acids is 1. The van der Waals surface area contributed by atoms with Gasteiger partial charge >= 0.3 is 0 Å². The van der Waals surface area contributed by atoms with Crippen LogP contribution in [0.1, 0.15) is 66.2 Å². The zero-order valence-electron chi connectivity index (χ0n) is 11.0. The molecule has 0 atom stereocenters. The number of hydroxylamine groups is 2. The third-order valence-corrected chi connectivity index (χ3v) is 3.57. The molecule has 0 spiro atoms. The first-order chi connectivity index (χ1) is 7.38. The smallest absolute Gasteiger partial charge is 0.136 e. The van der Waals surface area contributed by atoms with Gasteiger partial charge in [0.2, 0.25) is 0 Å². The lowest BCUT2D eigenvalue weighted by atomic mass is 9.74. The minimum Gasteiger partial charge on any atom is -0.300 e. The van der Waals surface area contributed by atoms with Gasteiger partial charge in [-0.3, -0.25) is 4.79 Å². The molecule has 1 saturated heterocycles. The normalized spacial score (nSPS) is 24.7. The predicted octanol–water partition coefficient (Wildman–Crippen LogP) is 3.11. The van der Waals surface area contributed by atoms with Crippen LogP contribution in [0.5, 0.6) is 0 Å². The van der Waals surface area contributed by atoms with Gasteiger partial charge in [-0.2, -0.15) is 0 Å². The molecule has 0 aromatic carbocycles. The van der Waals surface area contributed by atoms with E-state index in [2.05, 4.69) is 13.8 Å². The van der Waals surface area contributed by atoms with E-state index in [0.29, 0.717) is 12.8 Å². The zero-order chi connectivity index (χ0) is 12.4. The topological polar surface area (TPSA) is 40.2 Å². The van der Waals surface area contributed by atoms with Crippen LogP contribution in [0.3, 0.4) is 0 Å². The SMILES string of the molecule is CCCC1(CCC)CC(=O)CC(C)(C)N1[O]. The Morgan fingerprint density at radius 2 is 1.62 bits per heavy atom. The Morgan fingerprint density at radius 1 is 1.12 bits per heavy atom. The summed E-state index contributed by atoms with van der Waals surface area (Å²) >= 11 is 0. The quantitative estimate of drug-likeness (QED) is 0.739. The molecule has 0 amide bonds. The summed E-state index contributed by atoms with van der Waals surface area (Å²) in [6, 6.07) is 0. The summed E-state index contributed by atoms with van der Waals surface area (Å²) in [4.78, 5) is 11.8. The van der Waals surface area contributed by atoms with E-state index in [0.717, 1.165) is 25.7 Å². The van der Waals surface area contributed by atoms with E-state index in [4.69, 9.17) is 0 Å². The second-order valence-electron chi connectivity index (χ2n) is 5.72.